The molecule has 16 heavy (non-hydrogen) atoms. The van der Waals surface area contributed by atoms with Gasteiger partial charge in [-0.15, -0.1) is 0 Å². The summed E-state index contributed by atoms with van der Waals surface area (Å²) in [5.74, 6) is 0.591. The largest absolute Gasteiger partial charge is 0.261 e. The predicted octanol–water partition coefficient (Wildman–Crippen LogP) is 5.18. The van der Waals surface area contributed by atoms with Crippen molar-refractivity contribution >= 4 is 11.9 Å². The van der Waals surface area contributed by atoms with E-state index >= 15 is 0 Å². The molecule has 0 N–H and O–H groups in total. The standard InChI is InChI=1S/C13H19N.C2H6/c1-6-14-13-8-10(4)12(9(2)3)7-11(13)5;1-2/h6-9H,1-5H3;1-2H3. The van der Waals surface area contributed by atoms with E-state index in [9.17, 15) is 0 Å². The van der Waals surface area contributed by atoms with Crippen molar-refractivity contribution in [3.63, 3.8) is 0 Å². The van der Waals surface area contributed by atoms with E-state index in [0.29, 0.717) is 5.92 Å². The van der Waals surface area contributed by atoms with Crippen LogP contribution in [0.2, 0.25) is 0 Å². The van der Waals surface area contributed by atoms with Crippen LogP contribution in [0.4, 0.5) is 5.69 Å². The highest BCUT2D eigenvalue weighted by molar-refractivity contribution is 5.63. The summed E-state index contributed by atoms with van der Waals surface area (Å²) in [5, 5.41) is 0. The first-order valence-corrected chi connectivity index (χ1v) is 6.16. The minimum atomic E-state index is 0.591. The van der Waals surface area contributed by atoms with E-state index in [1.54, 1.807) is 0 Å². The maximum atomic E-state index is 4.34. The third-order valence-electron chi connectivity index (χ3n) is 2.47. The number of benzene rings is 1. The molecule has 0 unspecified atom stereocenters. The second kappa shape index (κ2) is 7.21. The van der Waals surface area contributed by atoms with Gasteiger partial charge in [-0.25, -0.2) is 0 Å². The predicted molar refractivity (Wildman–Crippen MR) is 75.2 cm³/mol. The van der Waals surface area contributed by atoms with E-state index < -0.39 is 0 Å². The van der Waals surface area contributed by atoms with Crippen molar-refractivity contribution in [2.24, 2.45) is 4.99 Å². The van der Waals surface area contributed by atoms with Gasteiger partial charge in [0.1, 0.15) is 0 Å². The summed E-state index contributed by atoms with van der Waals surface area (Å²) in [6.45, 7) is 14.7. The average molecular weight is 219 g/mol. The molecule has 1 heteroatoms. The lowest BCUT2D eigenvalue weighted by Crippen LogP contribution is -1.93. The molecule has 0 aromatic heterocycles. The Kier molecular flexibility index (Phi) is 6.71. The van der Waals surface area contributed by atoms with Crippen LogP contribution in [0, 0.1) is 13.8 Å². The minimum Gasteiger partial charge on any atom is -0.261 e. The Bertz CT molecular complexity index is 349. The summed E-state index contributed by atoms with van der Waals surface area (Å²) >= 11 is 0. The Balaban J connectivity index is 0.00000106. The normalized spacial score (nSPS) is 10.5. The summed E-state index contributed by atoms with van der Waals surface area (Å²) in [7, 11) is 0. The lowest BCUT2D eigenvalue weighted by atomic mass is 9.95. The Morgan fingerprint density at radius 1 is 1.06 bits per heavy atom. The third kappa shape index (κ3) is 3.80. The van der Waals surface area contributed by atoms with Crippen molar-refractivity contribution in [3.8, 4) is 0 Å². The molecule has 1 nitrogen and oxygen atoms in total. The maximum absolute atomic E-state index is 4.34. The van der Waals surface area contributed by atoms with Gasteiger partial charge in [0.25, 0.3) is 0 Å². The van der Waals surface area contributed by atoms with Crippen LogP contribution in [0.25, 0.3) is 0 Å². The summed E-state index contributed by atoms with van der Waals surface area (Å²) in [6, 6.07) is 4.42. The SMILES string of the molecule is CC.CC=Nc1cc(C)c(C(C)C)cc1C. The van der Waals surface area contributed by atoms with Crippen molar-refractivity contribution in [3.05, 3.63) is 28.8 Å². The van der Waals surface area contributed by atoms with Gasteiger partial charge in [-0.2, -0.15) is 0 Å². The van der Waals surface area contributed by atoms with Crippen LogP contribution in [0.15, 0.2) is 17.1 Å². The molecule has 0 aliphatic carbocycles. The Morgan fingerprint density at radius 3 is 2.06 bits per heavy atom. The highest BCUT2D eigenvalue weighted by Gasteiger charge is 2.06. The first-order valence-electron chi connectivity index (χ1n) is 6.16. The second-order valence-corrected chi connectivity index (χ2v) is 4.04. The lowest BCUT2D eigenvalue weighted by molar-refractivity contribution is 0.855. The molecule has 0 spiro atoms. The quantitative estimate of drug-likeness (QED) is 0.608. The monoisotopic (exact) mass is 219 g/mol. The van der Waals surface area contributed by atoms with Gasteiger partial charge in [-0.05, 0) is 49.4 Å². The van der Waals surface area contributed by atoms with Crippen LogP contribution in [0.5, 0.6) is 0 Å². The Hall–Kier alpha value is -1.11. The molecule has 0 radical (unpaired) electrons. The summed E-state index contributed by atoms with van der Waals surface area (Å²) in [5.41, 5.74) is 5.12. The zero-order valence-electron chi connectivity index (χ0n) is 11.8. The van der Waals surface area contributed by atoms with Crippen LogP contribution in [0.1, 0.15) is 57.2 Å². The van der Waals surface area contributed by atoms with Gasteiger partial charge < -0.3 is 0 Å². The number of hydrogen-bond donors (Lipinski definition) is 0. The Labute approximate surface area is 101 Å². The van der Waals surface area contributed by atoms with Crippen LogP contribution in [-0.4, -0.2) is 6.21 Å². The molecule has 0 saturated heterocycles. The summed E-state index contributed by atoms with van der Waals surface area (Å²) in [6.07, 6.45) is 1.84. The fourth-order valence-electron chi connectivity index (χ4n) is 1.72. The van der Waals surface area contributed by atoms with E-state index in [1.807, 2.05) is 27.0 Å². The first kappa shape index (κ1) is 14.9. The molecule has 0 saturated carbocycles. The molecule has 0 aliphatic rings. The summed E-state index contributed by atoms with van der Waals surface area (Å²) < 4.78 is 0. The van der Waals surface area contributed by atoms with Crippen molar-refractivity contribution in [1.82, 2.24) is 0 Å². The molecule has 0 atom stereocenters. The topological polar surface area (TPSA) is 12.4 Å². The van der Waals surface area contributed by atoms with Gasteiger partial charge in [-0.3, -0.25) is 4.99 Å². The molecule has 0 fully saturated rings. The van der Waals surface area contributed by atoms with E-state index in [0.717, 1.165) is 5.69 Å². The van der Waals surface area contributed by atoms with Crippen molar-refractivity contribution in [2.45, 2.75) is 54.4 Å². The fourth-order valence-corrected chi connectivity index (χ4v) is 1.72. The highest BCUT2D eigenvalue weighted by atomic mass is 14.7. The average Bonchev–Trinajstić information content (AvgIpc) is 2.26. The number of hydrogen-bond acceptors (Lipinski definition) is 1. The van der Waals surface area contributed by atoms with E-state index in [-0.39, 0.29) is 0 Å². The molecule has 1 aromatic carbocycles. The first-order chi connectivity index (χ1) is 7.56. The van der Waals surface area contributed by atoms with E-state index in [1.165, 1.54) is 16.7 Å². The molecule has 0 bridgehead atoms. The smallest absolute Gasteiger partial charge is 0.0657 e. The van der Waals surface area contributed by atoms with Crippen LogP contribution in [0.3, 0.4) is 0 Å². The van der Waals surface area contributed by atoms with E-state index in [4.69, 9.17) is 0 Å². The molecular formula is C15H25N. The van der Waals surface area contributed by atoms with E-state index in [2.05, 4.69) is 44.8 Å². The van der Waals surface area contributed by atoms with Gasteiger partial charge in [0.15, 0.2) is 0 Å². The number of aryl methyl sites for hydroxylation is 2. The molecule has 0 amide bonds. The van der Waals surface area contributed by atoms with Crippen LogP contribution >= 0.6 is 0 Å². The third-order valence-corrected chi connectivity index (χ3v) is 2.47. The van der Waals surface area contributed by atoms with Crippen LogP contribution < -0.4 is 0 Å². The van der Waals surface area contributed by atoms with Crippen molar-refractivity contribution < 1.29 is 0 Å². The number of rotatable bonds is 2. The van der Waals surface area contributed by atoms with Gasteiger partial charge in [0.2, 0.25) is 0 Å². The lowest BCUT2D eigenvalue weighted by Gasteiger charge is -2.12. The molecule has 1 rings (SSSR count). The molecule has 1 aromatic rings. The van der Waals surface area contributed by atoms with Crippen molar-refractivity contribution in [2.75, 3.05) is 0 Å². The maximum Gasteiger partial charge on any atom is 0.0657 e. The molecule has 0 aliphatic heterocycles. The molecule has 0 heterocycles. The zero-order chi connectivity index (χ0) is 12.7. The molecular weight excluding hydrogens is 194 g/mol. The number of nitrogens with zero attached hydrogens (tertiary/aromatic N) is 1. The highest BCUT2D eigenvalue weighted by Crippen LogP contribution is 2.27. The Morgan fingerprint density at radius 2 is 1.62 bits per heavy atom. The number of aliphatic imine (C=N–C) groups is 1. The van der Waals surface area contributed by atoms with Gasteiger partial charge in [0, 0.05) is 6.21 Å². The minimum absolute atomic E-state index is 0.591. The van der Waals surface area contributed by atoms with Gasteiger partial charge >= 0.3 is 0 Å². The van der Waals surface area contributed by atoms with Gasteiger partial charge in [-0.1, -0.05) is 33.8 Å². The van der Waals surface area contributed by atoms with Crippen LogP contribution in [-0.2, 0) is 0 Å². The summed E-state index contributed by atoms with van der Waals surface area (Å²) in [4.78, 5) is 4.34. The van der Waals surface area contributed by atoms with Gasteiger partial charge in [0.05, 0.1) is 5.69 Å². The second-order valence-electron chi connectivity index (χ2n) is 4.04. The molecule has 90 valence electrons. The van der Waals surface area contributed by atoms with Crippen molar-refractivity contribution in [1.29, 1.82) is 0 Å². The fraction of sp³-hybridized carbons (Fsp3) is 0.533. The zero-order valence-corrected chi connectivity index (χ0v) is 11.8.